The van der Waals surface area contributed by atoms with Gasteiger partial charge in [0.2, 0.25) is 5.91 Å². The third kappa shape index (κ3) is 4.68. The molecule has 2 aliphatic rings. The lowest BCUT2D eigenvalue weighted by molar-refractivity contribution is -0.122. The van der Waals surface area contributed by atoms with Gasteiger partial charge in [0.25, 0.3) is 5.91 Å². The van der Waals surface area contributed by atoms with Crippen LogP contribution in [-0.4, -0.2) is 61.0 Å². The second-order valence-electron chi connectivity index (χ2n) is 7.67. The molecule has 2 aromatic rings. The average Bonchev–Trinajstić information content (AvgIpc) is 3.10. The Morgan fingerprint density at radius 3 is 2.57 bits per heavy atom. The molecule has 1 unspecified atom stereocenters. The van der Waals surface area contributed by atoms with Gasteiger partial charge >= 0.3 is 0 Å². The molecule has 2 aliphatic heterocycles. The number of nitrogens with zero attached hydrogens (tertiary/aromatic N) is 2. The Balaban J connectivity index is 1.44. The van der Waals surface area contributed by atoms with E-state index in [4.69, 9.17) is 4.74 Å². The highest BCUT2D eigenvalue weighted by Gasteiger charge is 2.34. The fraction of sp³-hybridized carbons (Fsp3) is 0.391. The second-order valence-corrected chi connectivity index (χ2v) is 7.67. The lowest BCUT2D eigenvalue weighted by atomic mass is 10.0. The maximum Gasteiger partial charge on any atom is 0.255 e. The van der Waals surface area contributed by atoms with Gasteiger partial charge in [-0.2, -0.15) is 0 Å². The lowest BCUT2D eigenvalue weighted by Gasteiger charge is -2.29. The van der Waals surface area contributed by atoms with Crippen LogP contribution in [0.15, 0.2) is 48.5 Å². The van der Waals surface area contributed by atoms with Crippen molar-refractivity contribution < 1.29 is 18.7 Å². The van der Waals surface area contributed by atoms with E-state index >= 15 is 0 Å². The highest BCUT2D eigenvalue weighted by atomic mass is 19.1. The Labute approximate surface area is 175 Å². The predicted molar refractivity (Wildman–Crippen MR) is 110 cm³/mol. The molecule has 0 bridgehead atoms. The first-order chi connectivity index (χ1) is 14.6. The van der Waals surface area contributed by atoms with Crippen molar-refractivity contribution in [3.8, 4) is 0 Å². The number of hydrogen-bond acceptors (Lipinski definition) is 4. The fourth-order valence-electron chi connectivity index (χ4n) is 4.05. The number of carbonyl (C=O) groups excluding carboxylic acids is 2. The Morgan fingerprint density at radius 1 is 1.10 bits per heavy atom. The van der Waals surface area contributed by atoms with Crippen molar-refractivity contribution in [2.24, 2.45) is 0 Å². The van der Waals surface area contributed by atoms with E-state index in [9.17, 15) is 14.0 Å². The van der Waals surface area contributed by atoms with Crippen LogP contribution in [0.1, 0.15) is 33.9 Å². The minimum absolute atomic E-state index is 0.0963. The number of benzene rings is 2. The van der Waals surface area contributed by atoms with Crippen LogP contribution < -0.4 is 5.32 Å². The van der Waals surface area contributed by atoms with E-state index in [1.807, 2.05) is 24.3 Å². The van der Waals surface area contributed by atoms with Crippen molar-refractivity contribution in [2.75, 3.05) is 39.4 Å². The third-order valence-corrected chi connectivity index (χ3v) is 5.71. The first-order valence-electron chi connectivity index (χ1n) is 10.3. The quantitative estimate of drug-likeness (QED) is 0.760. The SMILES string of the molecule is O=C(CC(c1ccc(F)cc1)N1Cc2ccccc2C1=O)NCCN1CCOCC1. The summed E-state index contributed by atoms with van der Waals surface area (Å²) in [5.41, 5.74) is 2.36. The van der Waals surface area contributed by atoms with Crippen LogP contribution in [0.2, 0.25) is 0 Å². The van der Waals surface area contributed by atoms with Gasteiger partial charge in [0.15, 0.2) is 0 Å². The van der Waals surface area contributed by atoms with Crippen molar-refractivity contribution in [1.82, 2.24) is 15.1 Å². The van der Waals surface area contributed by atoms with Crippen molar-refractivity contribution in [1.29, 1.82) is 0 Å². The maximum absolute atomic E-state index is 13.5. The highest BCUT2D eigenvalue weighted by molar-refractivity contribution is 5.98. The van der Waals surface area contributed by atoms with Gasteiger partial charge < -0.3 is 15.0 Å². The fourth-order valence-corrected chi connectivity index (χ4v) is 4.05. The molecule has 1 fully saturated rings. The van der Waals surface area contributed by atoms with Crippen LogP contribution in [0.25, 0.3) is 0 Å². The average molecular weight is 411 g/mol. The van der Waals surface area contributed by atoms with Crippen LogP contribution in [-0.2, 0) is 16.1 Å². The molecule has 4 rings (SSSR count). The van der Waals surface area contributed by atoms with E-state index in [0.29, 0.717) is 18.7 Å². The molecule has 2 heterocycles. The molecule has 1 atom stereocenters. The number of amides is 2. The Bertz CT molecular complexity index is 897. The summed E-state index contributed by atoms with van der Waals surface area (Å²) in [6, 6.07) is 13.1. The number of halogens is 1. The standard InChI is InChI=1S/C23H26FN3O3/c24-19-7-5-17(6-8-19)21(27-16-18-3-1-2-4-20(18)23(27)29)15-22(28)25-9-10-26-11-13-30-14-12-26/h1-8,21H,9-16H2,(H,25,28). The zero-order valence-electron chi connectivity index (χ0n) is 16.9. The normalized spacial score (nSPS) is 17.6. The van der Waals surface area contributed by atoms with Gasteiger partial charge in [0, 0.05) is 38.3 Å². The summed E-state index contributed by atoms with van der Waals surface area (Å²) in [5.74, 6) is -0.564. The lowest BCUT2D eigenvalue weighted by Crippen LogP contribution is -2.42. The summed E-state index contributed by atoms with van der Waals surface area (Å²) in [6.07, 6.45) is 0.133. The highest BCUT2D eigenvalue weighted by Crippen LogP contribution is 2.33. The molecular formula is C23H26FN3O3. The van der Waals surface area contributed by atoms with E-state index < -0.39 is 6.04 Å². The largest absolute Gasteiger partial charge is 0.379 e. The molecule has 0 aliphatic carbocycles. The Morgan fingerprint density at radius 2 is 1.83 bits per heavy atom. The number of morpholine rings is 1. The van der Waals surface area contributed by atoms with Gasteiger partial charge in [-0.1, -0.05) is 30.3 Å². The van der Waals surface area contributed by atoms with Crippen LogP contribution >= 0.6 is 0 Å². The summed E-state index contributed by atoms with van der Waals surface area (Å²) in [6.45, 7) is 4.94. The van der Waals surface area contributed by atoms with Crippen LogP contribution in [0.3, 0.4) is 0 Å². The molecular weight excluding hydrogens is 385 g/mol. The molecule has 0 spiro atoms. The van der Waals surface area contributed by atoms with E-state index in [1.165, 1.54) is 12.1 Å². The Hall–Kier alpha value is -2.77. The van der Waals surface area contributed by atoms with E-state index in [2.05, 4.69) is 10.2 Å². The van der Waals surface area contributed by atoms with Crippen LogP contribution in [0.5, 0.6) is 0 Å². The first kappa shape index (κ1) is 20.5. The maximum atomic E-state index is 13.5. The molecule has 30 heavy (non-hydrogen) atoms. The molecule has 2 aromatic carbocycles. The van der Waals surface area contributed by atoms with E-state index in [-0.39, 0.29) is 24.1 Å². The van der Waals surface area contributed by atoms with Gasteiger partial charge in [-0.05, 0) is 29.3 Å². The molecule has 158 valence electrons. The molecule has 1 N–H and O–H groups in total. The van der Waals surface area contributed by atoms with Crippen molar-refractivity contribution in [3.63, 3.8) is 0 Å². The summed E-state index contributed by atoms with van der Waals surface area (Å²) in [7, 11) is 0. The molecule has 1 saturated heterocycles. The number of hydrogen-bond donors (Lipinski definition) is 1. The number of ether oxygens (including phenoxy) is 1. The third-order valence-electron chi connectivity index (χ3n) is 5.71. The van der Waals surface area contributed by atoms with Gasteiger partial charge in [0.1, 0.15) is 5.82 Å². The summed E-state index contributed by atoms with van der Waals surface area (Å²) < 4.78 is 18.8. The van der Waals surface area contributed by atoms with Crippen molar-refractivity contribution in [3.05, 3.63) is 71.0 Å². The molecule has 2 amide bonds. The van der Waals surface area contributed by atoms with Crippen molar-refractivity contribution >= 4 is 11.8 Å². The number of fused-ring (bicyclic) bond motifs is 1. The van der Waals surface area contributed by atoms with Gasteiger partial charge in [-0.3, -0.25) is 14.5 Å². The first-order valence-corrected chi connectivity index (χ1v) is 10.3. The van der Waals surface area contributed by atoms with Gasteiger partial charge in [-0.15, -0.1) is 0 Å². The molecule has 7 heteroatoms. The van der Waals surface area contributed by atoms with Crippen LogP contribution in [0.4, 0.5) is 4.39 Å². The Kier molecular flexibility index (Phi) is 6.40. The molecule has 6 nitrogen and oxygen atoms in total. The van der Waals surface area contributed by atoms with E-state index in [0.717, 1.165) is 44.0 Å². The summed E-state index contributed by atoms with van der Waals surface area (Å²) in [4.78, 5) is 29.6. The topological polar surface area (TPSA) is 61.9 Å². The number of rotatable bonds is 7. The zero-order chi connectivity index (χ0) is 20.9. The zero-order valence-corrected chi connectivity index (χ0v) is 16.9. The van der Waals surface area contributed by atoms with Crippen LogP contribution in [0, 0.1) is 5.82 Å². The minimum atomic E-state index is -0.450. The number of carbonyl (C=O) groups is 2. The predicted octanol–water partition coefficient (Wildman–Crippen LogP) is 2.36. The van der Waals surface area contributed by atoms with E-state index in [1.54, 1.807) is 17.0 Å². The summed E-state index contributed by atoms with van der Waals surface area (Å²) in [5, 5.41) is 2.97. The van der Waals surface area contributed by atoms with Gasteiger partial charge in [0.05, 0.1) is 25.7 Å². The molecule has 0 radical (unpaired) electrons. The smallest absolute Gasteiger partial charge is 0.255 e. The minimum Gasteiger partial charge on any atom is -0.379 e. The molecule has 0 aromatic heterocycles. The van der Waals surface area contributed by atoms with Crippen molar-refractivity contribution in [2.45, 2.75) is 19.0 Å². The summed E-state index contributed by atoms with van der Waals surface area (Å²) >= 11 is 0. The monoisotopic (exact) mass is 411 g/mol. The second kappa shape index (κ2) is 9.36. The molecule has 0 saturated carbocycles. The number of nitrogens with one attached hydrogen (secondary N) is 1. The van der Waals surface area contributed by atoms with Gasteiger partial charge in [-0.25, -0.2) is 4.39 Å².